The molecule has 0 aliphatic heterocycles. The van der Waals surface area contributed by atoms with Crippen molar-refractivity contribution in [2.45, 2.75) is 6.18 Å². The third-order valence-corrected chi connectivity index (χ3v) is 2.23. The lowest BCUT2D eigenvalue weighted by atomic mass is 10.1. The van der Waals surface area contributed by atoms with Gasteiger partial charge in [0.1, 0.15) is 5.82 Å². The normalized spacial score (nSPS) is 11.5. The summed E-state index contributed by atoms with van der Waals surface area (Å²) < 4.78 is 50.5. The molecule has 0 amide bonds. The minimum Gasteiger partial charge on any atom is -0.256 e. The Morgan fingerprint density at radius 2 is 1.76 bits per heavy atom. The summed E-state index contributed by atoms with van der Waals surface area (Å²) in [7, 11) is 0. The van der Waals surface area contributed by atoms with E-state index in [2.05, 4.69) is 4.98 Å². The molecule has 0 saturated heterocycles. The fraction of sp³-hybridized carbons (Fsp3) is 0.0833. The van der Waals surface area contributed by atoms with Crippen LogP contribution in [0.2, 0.25) is 0 Å². The lowest BCUT2D eigenvalue weighted by Crippen LogP contribution is -2.08. The van der Waals surface area contributed by atoms with Crippen molar-refractivity contribution in [3.05, 3.63) is 54.0 Å². The molecule has 0 aliphatic rings. The molecule has 88 valence electrons. The van der Waals surface area contributed by atoms with Crippen LogP contribution in [0.4, 0.5) is 17.6 Å². The van der Waals surface area contributed by atoms with Gasteiger partial charge in [0.05, 0.1) is 11.3 Å². The number of halogens is 4. The van der Waals surface area contributed by atoms with Crippen LogP contribution in [0.5, 0.6) is 0 Å². The molecule has 1 aromatic heterocycles. The summed E-state index contributed by atoms with van der Waals surface area (Å²) in [5.74, 6) is -1.28. The second-order valence-electron chi connectivity index (χ2n) is 3.41. The number of hydrogen-bond donors (Lipinski definition) is 0. The topological polar surface area (TPSA) is 12.9 Å². The minimum atomic E-state index is -4.70. The van der Waals surface area contributed by atoms with Gasteiger partial charge < -0.3 is 0 Å². The van der Waals surface area contributed by atoms with E-state index in [4.69, 9.17) is 0 Å². The molecule has 0 saturated carbocycles. The summed E-state index contributed by atoms with van der Waals surface area (Å²) >= 11 is 0. The van der Waals surface area contributed by atoms with Crippen LogP contribution >= 0.6 is 0 Å². The van der Waals surface area contributed by atoms with Crippen molar-refractivity contribution < 1.29 is 17.6 Å². The maximum atomic E-state index is 13.0. The van der Waals surface area contributed by atoms with Gasteiger partial charge in [0.15, 0.2) is 0 Å². The monoisotopic (exact) mass is 241 g/mol. The Morgan fingerprint density at radius 1 is 1.00 bits per heavy atom. The third-order valence-electron chi connectivity index (χ3n) is 2.23. The highest BCUT2D eigenvalue weighted by Crippen LogP contribution is 2.33. The van der Waals surface area contributed by atoms with E-state index in [1.54, 1.807) is 18.2 Å². The molecule has 0 radical (unpaired) electrons. The lowest BCUT2D eigenvalue weighted by Gasteiger charge is -2.09. The van der Waals surface area contributed by atoms with Crippen molar-refractivity contribution in [2.75, 3.05) is 0 Å². The van der Waals surface area contributed by atoms with Gasteiger partial charge >= 0.3 is 6.18 Å². The third kappa shape index (κ3) is 2.43. The highest BCUT2D eigenvalue weighted by atomic mass is 19.4. The summed E-state index contributed by atoms with van der Waals surface area (Å²) in [6, 6.07) is 7.70. The molecule has 0 aliphatic carbocycles. The number of nitrogens with zero attached hydrogens (tertiary/aromatic N) is 1. The molecule has 2 aromatic rings. The predicted octanol–water partition coefficient (Wildman–Crippen LogP) is 3.91. The predicted molar refractivity (Wildman–Crippen MR) is 54.6 cm³/mol. The number of aromatic nitrogens is 1. The maximum absolute atomic E-state index is 13.0. The van der Waals surface area contributed by atoms with Gasteiger partial charge in [0, 0.05) is 11.8 Å². The van der Waals surface area contributed by atoms with E-state index < -0.39 is 17.6 Å². The smallest absolute Gasteiger partial charge is 0.256 e. The standard InChI is InChI=1S/C12H7F4N/c13-10-5-4-8(7-9(10)12(14,15)16)11-3-1-2-6-17-11/h1-7H. The van der Waals surface area contributed by atoms with Gasteiger partial charge in [-0.1, -0.05) is 6.07 Å². The Labute approximate surface area is 94.7 Å². The summed E-state index contributed by atoms with van der Waals surface area (Å²) in [6.45, 7) is 0. The van der Waals surface area contributed by atoms with E-state index in [0.29, 0.717) is 5.69 Å². The first-order chi connectivity index (χ1) is 7.98. The van der Waals surface area contributed by atoms with Crippen LogP contribution in [-0.4, -0.2) is 4.98 Å². The van der Waals surface area contributed by atoms with Crippen LogP contribution in [0, 0.1) is 5.82 Å². The van der Waals surface area contributed by atoms with Crippen molar-refractivity contribution in [3.63, 3.8) is 0 Å². The zero-order chi connectivity index (χ0) is 12.5. The highest BCUT2D eigenvalue weighted by molar-refractivity contribution is 5.60. The number of hydrogen-bond acceptors (Lipinski definition) is 1. The molecule has 0 fully saturated rings. The molecule has 17 heavy (non-hydrogen) atoms. The number of rotatable bonds is 1. The van der Waals surface area contributed by atoms with Crippen LogP contribution in [0.15, 0.2) is 42.6 Å². The first-order valence-corrected chi connectivity index (χ1v) is 4.76. The summed E-state index contributed by atoms with van der Waals surface area (Å²) in [5, 5.41) is 0. The number of alkyl halides is 3. The second-order valence-corrected chi connectivity index (χ2v) is 3.41. The average molecular weight is 241 g/mol. The zero-order valence-electron chi connectivity index (χ0n) is 8.50. The van der Waals surface area contributed by atoms with Gasteiger partial charge in [-0.2, -0.15) is 13.2 Å². The summed E-state index contributed by atoms with van der Waals surface area (Å²) in [6.07, 6.45) is -3.24. The average Bonchev–Trinajstić information content (AvgIpc) is 2.29. The Morgan fingerprint density at radius 3 is 2.35 bits per heavy atom. The Balaban J connectivity index is 2.53. The van der Waals surface area contributed by atoms with Gasteiger partial charge in [0.2, 0.25) is 0 Å². The van der Waals surface area contributed by atoms with E-state index >= 15 is 0 Å². The molecule has 1 heterocycles. The zero-order valence-corrected chi connectivity index (χ0v) is 8.50. The fourth-order valence-corrected chi connectivity index (χ4v) is 1.44. The Bertz CT molecular complexity index is 520. The van der Waals surface area contributed by atoms with Crippen molar-refractivity contribution in [3.8, 4) is 11.3 Å². The molecule has 0 N–H and O–H groups in total. The molecule has 0 unspecified atom stereocenters. The van der Waals surface area contributed by atoms with E-state index in [1.165, 1.54) is 12.3 Å². The summed E-state index contributed by atoms with van der Waals surface area (Å²) in [4.78, 5) is 3.91. The van der Waals surface area contributed by atoms with Crippen LogP contribution in [0.3, 0.4) is 0 Å². The first kappa shape index (κ1) is 11.6. The van der Waals surface area contributed by atoms with Gasteiger partial charge in [0.25, 0.3) is 0 Å². The van der Waals surface area contributed by atoms with E-state index in [-0.39, 0.29) is 5.56 Å². The minimum absolute atomic E-state index is 0.235. The molecule has 0 bridgehead atoms. The van der Waals surface area contributed by atoms with Gasteiger partial charge in [-0.15, -0.1) is 0 Å². The van der Waals surface area contributed by atoms with Crippen LogP contribution in [0.25, 0.3) is 11.3 Å². The maximum Gasteiger partial charge on any atom is 0.419 e. The molecule has 2 rings (SSSR count). The quantitative estimate of drug-likeness (QED) is 0.690. The van der Waals surface area contributed by atoms with Crippen LogP contribution < -0.4 is 0 Å². The fourth-order valence-electron chi connectivity index (χ4n) is 1.44. The Kier molecular flexibility index (Phi) is 2.83. The number of benzene rings is 1. The molecule has 5 heteroatoms. The number of pyridine rings is 1. The second kappa shape index (κ2) is 4.16. The molecule has 1 nitrogen and oxygen atoms in total. The lowest BCUT2D eigenvalue weighted by molar-refractivity contribution is -0.139. The molecule has 1 aromatic carbocycles. The molecular formula is C12H7F4N. The largest absolute Gasteiger partial charge is 0.419 e. The van der Waals surface area contributed by atoms with Gasteiger partial charge in [-0.25, -0.2) is 4.39 Å². The highest BCUT2D eigenvalue weighted by Gasteiger charge is 2.34. The molecular weight excluding hydrogens is 234 g/mol. The van der Waals surface area contributed by atoms with Crippen molar-refractivity contribution in [2.24, 2.45) is 0 Å². The summed E-state index contributed by atoms with van der Waals surface area (Å²) in [5.41, 5.74) is -0.669. The van der Waals surface area contributed by atoms with Gasteiger partial charge in [-0.05, 0) is 30.3 Å². The Hall–Kier alpha value is -1.91. The van der Waals surface area contributed by atoms with Crippen LogP contribution in [-0.2, 0) is 6.18 Å². The van der Waals surface area contributed by atoms with Crippen molar-refractivity contribution in [1.82, 2.24) is 4.98 Å². The van der Waals surface area contributed by atoms with E-state index in [0.717, 1.165) is 12.1 Å². The van der Waals surface area contributed by atoms with Crippen molar-refractivity contribution in [1.29, 1.82) is 0 Å². The van der Waals surface area contributed by atoms with E-state index in [1.807, 2.05) is 0 Å². The molecule has 0 spiro atoms. The van der Waals surface area contributed by atoms with E-state index in [9.17, 15) is 17.6 Å². The first-order valence-electron chi connectivity index (χ1n) is 4.76. The SMILES string of the molecule is Fc1ccc(-c2ccccn2)cc1C(F)(F)F. The van der Waals surface area contributed by atoms with Gasteiger partial charge in [-0.3, -0.25) is 4.98 Å². The molecule has 0 atom stereocenters. The van der Waals surface area contributed by atoms with Crippen LogP contribution in [0.1, 0.15) is 5.56 Å². The van der Waals surface area contributed by atoms with Crippen molar-refractivity contribution >= 4 is 0 Å².